The van der Waals surface area contributed by atoms with Crippen molar-refractivity contribution in [1.82, 2.24) is 15.0 Å². The fourth-order valence-corrected chi connectivity index (χ4v) is 4.31. The van der Waals surface area contributed by atoms with Gasteiger partial charge in [-0.1, -0.05) is 30.3 Å². The number of alkyl halides is 3. The third kappa shape index (κ3) is 5.60. The van der Waals surface area contributed by atoms with Crippen molar-refractivity contribution in [2.24, 2.45) is 0 Å². The van der Waals surface area contributed by atoms with E-state index in [0.29, 0.717) is 18.5 Å². The first kappa shape index (κ1) is 23.2. The molecule has 3 N–H and O–H groups in total. The van der Waals surface area contributed by atoms with Gasteiger partial charge in [0.05, 0.1) is 23.5 Å². The van der Waals surface area contributed by atoms with E-state index in [1.807, 2.05) is 0 Å². The number of carbonyl (C=O) groups excluding carboxylic acids is 1. The minimum Gasteiger partial charge on any atom is -0.386 e. The average Bonchev–Trinajstić information content (AvgIpc) is 3.50. The van der Waals surface area contributed by atoms with E-state index in [1.54, 1.807) is 35.8 Å². The molecule has 0 radical (unpaired) electrons. The molecule has 0 spiro atoms. The maximum atomic E-state index is 13.1. The SMILES string of the molecule is CS(=O)(=O)NC1(c2ccc(-c3ccc([C@@H](O)[C@@H](CF)NC(=O)C(F)F)cc3)cn2)CC1. The maximum absolute atomic E-state index is 13.1. The fourth-order valence-electron chi connectivity index (χ4n) is 3.29. The summed E-state index contributed by atoms with van der Waals surface area (Å²) in [5.74, 6) is -1.65. The summed E-state index contributed by atoms with van der Waals surface area (Å²) in [6.45, 7) is -1.21. The highest BCUT2D eigenvalue weighted by Crippen LogP contribution is 2.45. The van der Waals surface area contributed by atoms with Crippen LogP contribution in [0.1, 0.15) is 30.2 Å². The number of pyridine rings is 1. The van der Waals surface area contributed by atoms with Gasteiger partial charge in [0.1, 0.15) is 12.8 Å². The number of nitrogens with one attached hydrogen (secondary N) is 2. The molecule has 7 nitrogen and oxygen atoms in total. The van der Waals surface area contributed by atoms with Gasteiger partial charge in [0, 0.05) is 11.8 Å². The molecule has 3 rings (SSSR count). The molecule has 1 amide bonds. The van der Waals surface area contributed by atoms with Crippen molar-refractivity contribution < 1.29 is 31.5 Å². The van der Waals surface area contributed by atoms with E-state index in [1.165, 1.54) is 12.1 Å². The average molecular weight is 457 g/mol. The zero-order valence-electron chi connectivity index (χ0n) is 16.6. The molecule has 1 aromatic carbocycles. The number of sulfonamides is 1. The van der Waals surface area contributed by atoms with E-state index < -0.39 is 46.7 Å². The molecular weight excluding hydrogens is 435 g/mol. The quantitative estimate of drug-likeness (QED) is 0.534. The molecule has 1 heterocycles. The molecule has 0 aliphatic heterocycles. The summed E-state index contributed by atoms with van der Waals surface area (Å²) >= 11 is 0. The van der Waals surface area contributed by atoms with Crippen LogP contribution in [0.2, 0.25) is 0 Å². The van der Waals surface area contributed by atoms with Crippen molar-refractivity contribution in [2.75, 3.05) is 12.9 Å². The maximum Gasteiger partial charge on any atom is 0.315 e. The van der Waals surface area contributed by atoms with Gasteiger partial charge in [-0.15, -0.1) is 0 Å². The van der Waals surface area contributed by atoms with Gasteiger partial charge in [0.2, 0.25) is 10.0 Å². The second-order valence-electron chi connectivity index (χ2n) is 7.53. The van der Waals surface area contributed by atoms with Gasteiger partial charge in [-0.25, -0.2) is 17.5 Å². The number of aliphatic hydroxyl groups excluding tert-OH is 1. The van der Waals surface area contributed by atoms with Gasteiger partial charge in [-0.05, 0) is 30.0 Å². The molecule has 2 aromatic rings. The molecular formula is C20H22F3N3O4S. The summed E-state index contributed by atoms with van der Waals surface area (Å²) in [7, 11) is -3.37. The predicted molar refractivity (Wildman–Crippen MR) is 107 cm³/mol. The first-order valence-electron chi connectivity index (χ1n) is 9.43. The van der Waals surface area contributed by atoms with Crippen LogP contribution >= 0.6 is 0 Å². The first-order chi connectivity index (χ1) is 14.5. The molecule has 11 heteroatoms. The molecule has 31 heavy (non-hydrogen) atoms. The molecule has 1 aliphatic rings. The Labute approximate surface area is 177 Å². The fraction of sp³-hybridized carbons (Fsp3) is 0.400. The summed E-state index contributed by atoms with van der Waals surface area (Å²) in [6, 6.07) is 8.30. The third-order valence-corrected chi connectivity index (χ3v) is 5.80. The van der Waals surface area contributed by atoms with E-state index in [9.17, 15) is 31.5 Å². The summed E-state index contributed by atoms with van der Waals surface area (Å²) in [6.07, 6.45) is -0.782. The van der Waals surface area contributed by atoms with Crippen LogP contribution in [0.25, 0.3) is 11.1 Å². The lowest BCUT2D eigenvalue weighted by molar-refractivity contribution is -0.133. The molecule has 1 aromatic heterocycles. The van der Waals surface area contributed by atoms with Crippen molar-refractivity contribution in [1.29, 1.82) is 0 Å². The Balaban J connectivity index is 1.72. The largest absolute Gasteiger partial charge is 0.386 e. The number of carbonyl (C=O) groups is 1. The molecule has 168 valence electrons. The van der Waals surface area contributed by atoms with Crippen molar-refractivity contribution in [3.63, 3.8) is 0 Å². The Bertz CT molecular complexity index is 1030. The van der Waals surface area contributed by atoms with Crippen LogP contribution in [-0.2, 0) is 20.4 Å². The predicted octanol–water partition coefficient (Wildman–Crippen LogP) is 2.04. The van der Waals surface area contributed by atoms with Crippen LogP contribution < -0.4 is 10.0 Å². The minimum absolute atomic E-state index is 0.250. The monoisotopic (exact) mass is 457 g/mol. The zero-order valence-corrected chi connectivity index (χ0v) is 17.4. The van der Waals surface area contributed by atoms with E-state index >= 15 is 0 Å². The number of aromatic nitrogens is 1. The zero-order chi connectivity index (χ0) is 22.8. The highest BCUT2D eigenvalue weighted by molar-refractivity contribution is 7.88. The van der Waals surface area contributed by atoms with Gasteiger partial charge < -0.3 is 10.4 Å². The van der Waals surface area contributed by atoms with Crippen LogP contribution in [0.4, 0.5) is 13.2 Å². The Morgan fingerprint density at radius 3 is 2.23 bits per heavy atom. The van der Waals surface area contributed by atoms with E-state index in [-0.39, 0.29) is 5.56 Å². The highest BCUT2D eigenvalue weighted by Gasteiger charge is 2.47. The van der Waals surface area contributed by atoms with Crippen molar-refractivity contribution in [2.45, 2.75) is 37.0 Å². The molecule has 0 unspecified atom stereocenters. The Morgan fingerprint density at radius 1 is 1.16 bits per heavy atom. The van der Waals surface area contributed by atoms with Gasteiger partial charge in [-0.3, -0.25) is 9.78 Å². The third-order valence-electron chi connectivity index (χ3n) is 5.04. The van der Waals surface area contributed by atoms with Crippen LogP contribution in [0.3, 0.4) is 0 Å². The Kier molecular flexibility index (Phi) is 6.68. The van der Waals surface area contributed by atoms with Crippen LogP contribution in [0.15, 0.2) is 42.6 Å². The van der Waals surface area contributed by atoms with E-state index in [4.69, 9.17) is 0 Å². The first-order valence-corrected chi connectivity index (χ1v) is 11.3. The van der Waals surface area contributed by atoms with Crippen molar-refractivity contribution >= 4 is 15.9 Å². The summed E-state index contributed by atoms with van der Waals surface area (Å²) in [4.78, 5) is 15.5. The standard InChI is InChI=1S/C20H22F3N3O4S/c1-31(29,30)26-20(8-9-20)16-7-6-14(11-24-16)12-2-4-13(5-3-12)17(27)15(10-21)25-19(28)18(22)23/h2-7,11,15,17-18,26-27H,8-10H2,1H3,(H,25,28)/t15-,17-/m1/s1. The second kappa shape index (κ2) is 8.93. The van der Waals surface area contributed by atoms with Crippen LogP contribution in [0, 0.1) is 0 Å². The van der Waals surface area contributed by atoms with E-state index in [2.05, 4.69) is 9.71 Å². The van der Waals surface area contributed by atoms with Gasteiger partial charge in [0.15, 0.2) is 0 Å². The smallest absolute Gasteiger partial charge is 0.315 e. The molecule has 2 atom stereocenters. The van der Waals surface area contributed by atoms with Crippen molar-refractivity contribution in [3.05, 3.63) is 53.9 Å². The van der Waals surface area contributed by atoms with Crippen LogP contribution in [0.5, 0.6) is 0 Å². The normalized spacial score (nSPS) is 17.2. The molecule has 1 aliphatic carbocycles. The highest BCUT2D eigenvalue weighted by atomic mass is 32.2. The molecule has 0 saturated heterocycles. The number of aliphatic hydroxyl groups is 1. The number of benzene rings is 1. The minimum atomic E-state index is -3.37. The number of nitrogens with zero attached hydrogens (tertiary/aromatic N) is 1. The molecule has 1 saturated carbocycles. The lowest BCUT2D eigenvalue weighted by Crippen LogP contribution is -2.43. The van der Waals surface area contributed by atoms with Crippen molar-refractivity contribution in [3.8, 4) is 11.1 Å². The number of rotatable bonds is 9. The van der Waals surface area contributed by atoms with E-state index in [0.717, 1.165) is 17.4 Å². The lowest BCUT2D eigenvalue weighted by Gasteiger charge is -2.22. The Hall–Kier alpha value is -2.50. The molecule has 1 fully saturated rings. The van der Waals surface area contributed by atoms with Crippen LogP contribution in [-0.4, -0.2) is 49.8 Å². The summed E-state index contributed by atoms with van der Waals surface area (Å²) in [5.41, 5.74) is 1.66. The Morgan fingerprint density at radius 2 is 1.77 bits per heavy atom. The molecule has 0 bridgehead atoms. The topological polar surface area (TPSA) is 108 Å². The summed E-state index contributed by atoms with van der Waals surface area (Å²) < 4.78 is 63.6. The number of hydrogen-bond acceptors (Lipinski definition) is 5. The number of hydrogen-bond donors (Lipinski definition) is 3. The van der Waals surface area contributed by atoms with Gasteiger partial charge >= 0.3 is 6.43 Å². The number of amides is 1. The lowest BCUT2D eigenvalue weighted by atomic mass is 9.99. The van der Waals surface area contributed by atoms with Gasteiger partial charge in [0.25, 0.3) is 5.91 Å². The summed E-state index contributed by atoms with van der Waals surface area (Å²) in [5, 5.41) is 12.0. The number of halogens is 3. The second-order valence-corrected chi connectivity index (χ2v) is 9.27. The van der Waals surface area contributed by atoms with Gasteiger partial charge in [-0.2, -0.15) is 8.78 Å².